The molecule has 74 valence electrons. The summed E-state index contributed by atoms with van der Waals surface area (Å²) in [7, 11) is 0. The van der Waals surface area contributed by atoms with Crippen molar-refractivity contribution in [3.05, 3.63) is 15.6 Å². The maximum atomic E-state index is 8.71. The summed E-state index contributed by atoms with van der Waals surface area (Å²) in [5, 5.41) is 9.94. The van der Waals surface area contributed by atoms with Gasteiger partial charge in [-0.05, 0) is 25.7 Å². The molecule has 1 aliphatic carbocycles. The number of aryl methyl sites for hydroxylation is 1. The Morgan fingerprint density at radius 1 is 1.57 bits per heavy atom. The fraction of sp³-hybridized carbons (Fsp3) is 0.636. The Hall–Kier alpha value is -0.880. The first kappa shape index (κ1) is 9.67. The Bertz CT molecular complexity index is 358. The summed E-state index contributed by atoms with van der Waals surface area (Å²) in [6, 6.07) is 2.23. The summed E-state index contributed by atoms with van der Waals surface area (Å²) < 4.78 is 0. The van der Waals surface area contributed by atoms with E-state index in [0.29, 0.717) is 12.3 Å². The minimum atomic E-state index is 0.549. The molecule has 0 bridgehead atoms. The first-order chi connectivity index (χ1) is 6.85. The van der Waals surface area contributed by atoms with Gasteiger partial charge >= 0.3 is 0 Å². The molecule has 1 aromatic rings. The minimum absolute atomic E-state index is 0.549. The lowest BCUT2D eigenvalue weighted by molar-refractivity contribution is 0.888. The molecular formula is C11H14N2S. The molecule has 0 aliphatic heterocycles. The van der Waals surface area contributed by atoms with Crippen LogP contribution in [0.3, 0.4) is 0 Å². The zero-order valence-corrected chi connectivity index (χ0v) is 9.23. The molecule has 2 rings (SSSR count). The molecule has 3 heteroatoms. The second-order valence-electron chi connectivity index (χ2n) is 3.78. The highest BCUT2D eigenvalue weighted by molar-refractivity contribution is 7.11. The van der Waals surface area contributed by atoms with Gasteiger partial charge < -0.3 is 0 Å². The summed E-state index contributed by atoms with van der Waals surface area (Å²) in [5.41, 5.74) is 1.24. The number of hydrogen-bond donors (Lipinski definition) is 0. The summed E-state index contributed by atoms with van der Waals surface area (Å²) in [6.45, 7) is 2.17. The van der Waals surface area contributed by atoms with E-state index in [4.69, 9.17) is 5.26 Å². The van der Waals surface area contributed by atoms with Crippen LogP contribution in [0.1, 0.15) is 47.7 Å². The van der Waals surface area contributed by atoms with Crippen LogP contribution in [0.25, 0.3) is 0 Å². The number of thiazole rings is 1. The second-order valence-corrected chi connectivity index (χ2v) is 4.94. The molecule has 2 nitrogen and oxygen atoms in total. The third kappa shape index (κ3) is 1.96. The number of rotatable bonds is 4. The van der Waals surface area contributed by atoms with Crippen molar-refractivity contribution in [2.45, 2.75) is 44.9 Å². The van der Waals surface area contributed by atoms with Crippen molar-refractivity contribution in [3.8, 4) is 6.07 Å². The second kappa shape index (κ2) is 4.10. The molecule has 1 aliphatic rings. The molecule has 1 saturated carbocycles. The van der Waals surface area contributed by atoms with Crippen LogP contribution >= 0.6 is 11.3 Å². The van der Waals surface area contributed by atoms with E-state index in [0.717, 1.165) is 12.8 Å². The summed E-state index contributed by atoms with van der Waals surface area (Å²) in [5.74, 6) is 0.681. The lowest BCUT2D eigenvalue weighted by Gasteiger charge is -1.92. The van der Waals surface area contributed by atoms with Gasteiger partial charge in [0.2, 0.25) is 0 Å². The van der Waals surface area contributed by atoms with Gasteiger partial charge in [0, 0.05) is 10.8 Å². The molecule has 1 heterocycles. The largest absolute Gasteiger partial charge is 0.246 e. The van der Waals surface area contributed by atoms with Gasteiger partial charge in [0.05, 0.1) is 23.2 Å². The number of nitrogens with zero attached hydrogens (tertiary/aromatic N) is 2. The molecule has 1 fully saturated rings. The average Bonchev–Trinajstić information content (AvgIpc) is 2.92. The Labute approximate surface area is 88.6 Å². The first-order valence-corrected chi connectivity index (χ1v) is 6.02. The van der Waals surface area contributed by atoms with E-state index < -0.39 is 0 Å². The average molecular weight is 206 g/mol. The van der Waals surface area contributed by atoms with Gasteiger partial charge in [-0.3, -0.25) is 0 Å². The summed E-state index contributed by atoms with van der Waals surface area (Å²) in [4.78, 5) is 5.87. The zero-order chi connectivity index (χ0) is 9.97. The van der Waals surface area contributed by atoms with Crippen LogP contribution in [0.4, 0.5) is 0 Å². The van der Waals surface area contributed by atoms with Gasteiger partial charge in [-0.1, -0.05) is 6.92 Å². The van der Waals surface area contributed by atoms with Crippen molar-refractivity contribution in [1.29, 1.82) is 5.26 Å². The van der Waals surface area contributed by atoms with Crippen LogP contribution in [0.2, 0.25) is 0 Å². The van der Waals surface area contributed by atoms with E-state index in [-0.39, 0.29) is 0 Å². The van der Waals surface area contributed by atoms with Gasteiger partial charge in [-0.2, -0.15) is 5.26 Å². The molecule has 0 N–H and O–H groups in total. The molecular weight excluding hydrogens is 192 g/mol. The van der Waals surface area contributed by atoms with Crippen molar-refractivity contribution in [1.82, 2.24) is 4.98 Å². The van der Waals surface area contributed by atoms with E-state index in [9.17, 15) is 0 Å². The number of aromatic nitrogens is 1. The molecule has 0 amide bonds. The first-order valence-electron chi connectivity index (χ1n) is 5.20. The van der Waals surface area contributed by atoms with Crippen LogP contribution in [0.15, 0.2) is 0 Å². The molecule has 0 spiro atoms. The molecule has 1 aromatic heterocycles. The van der Waals surface area contributed by atoms with Gasteiger partial charge in [-0.15, -0.1) is 11.3 Å². The Morgan fingerprint density at radius 2 is 2.36 bits per heavy atom. The Kier molecular flexibility index (Phi) is 2.83. The van der Waals surface area contributed by atoms with Gasteiger partial charge in [-0.25, -0.2) is 4.98 Å². The van der Waals surface area contributed by atoms with Crippen LogP contribution in [0.5, 0.6) is 0 Å². The van der Waals surface area contributed by atoms with E-state index in [1.54, 1.807) is 11.3 Å². The quantitative estimate of drug-likeness (QED) is 0.759. The van der Waals surface area contributed by atoms with Crippen molar-refractivity contribution in [2.24, 2.45) is 0 Å². The summed E-state index contributed by atoms with van der Waals surface area (Å²) in [6.07, 6.45) is 5.30. The van der Waals surface area contributed by atoms with E-state index >= 15 is 0 Å². The maximum absolute atomic E-state index is 8.71. The number of nitriles is 1. The normalized spacial score (nSPS) is 15.4. The summed E-state index contributed by atoms with van der Waals surface area (Å²) >= 11 is 1.74. The molecule has 0 radical (unpaired) electrons. The van der Waals surface area contributed by atoms with Gasteiger partial charge in [0.15, 0.2) is 0 Å². The predicted molar refractivity (Wildman–Crippen MR) is 57.4 cm³/mol. The molecule has 0 saturated heterocycles. The van der Waals surface area contributed by atoms with E-state index in [1.807, 2.05) is 0 Å². The molecule has 14 heavy (non-hydrogen) atoms. The fourth-order valence-corrected chi connectivity index (χ4v) is 2.80. The monoisotopic (exact) mass is 206 g/mol. The molecule has 0 unspecified atom stereocenters. The smallest absolute Gasteiger partial charge is 0.0931 e. The van der Waals surface area contributed by atoms with Gasteiger partial charge in [0.1, 0.15) is 0 Å². The highest BCUT2D eigenvalue weighted by Crippen LogP contribution is 2.42. The lowest BCUT2D eigenvalue weighted by atomic mass is 10.2. The van der Waals surface area contributed by atoms with E-state index in [2.05, 4.69) is 18.0 Å². The van der Waals surface area contributed by atoms with Gasteiger partial charge in [0.25, 0.3) is 0 Å². The fourth-order valence-electron chi connectivity index (χ4n) is 1.61. The van der Waals surface area contributed by atoms with E-state index in [1.165, 1.54) is 28.4 Å². The Morgan fingerprint density at radius 3 is 2.93 bits per heavy atom. The predicted octanol–water partition coefficient (Wildman–Crippen LogP) is 3.04. The SMILES string of the molecule is CCCc1nc(C2CC2)c(CC#N)s1. The third-order valence-corrected chi connectivity index (χ3v) is 3.57. The highest BCUT2D eigenvalue weighted by atomic mass is 32.1. The van der Waals surface area contributed by atoms with Crippen molar-refractivity contribution >= 4 is 11.3 Å². The highest BCUT2D eigenvalue weighted by Gasteiger charge is 2.29. The number of hydrogen-bond acceptors (Lipinski definition) is 3. The standard InChI is InChI=1S/C11H14N2S/c1-2-3-10-13-11(8-4-5-8)9(14-10)6-7-12/h8H,2-6H2,1H3. The zero-order valence-electron chi connectivity index (χ0n) is 8.42. The van der Waals surface area contributed by atoms with Crippen LogP contribution in [0, 0.1) is 11.3 Å². The molecule has 0 aromatic carbocycles. The topological polar surface area (TPSA) is 36.7 Å². The Balaban J connectivity index is 2.22. The van der Waals surface area contributed by atoms with Crippen LogP contribution in [-0.2, 0) is 12.8 Å². The van der Waals surface area contributed by atoms with Crippen LogP contribution < -0.4 is 0 Å². The third-order valence-electron chi connectivity index (χ3n) is 2.44. The minimum Gasteiger partial charge on any atom is -0.246 e. The maximum Gasteiger partial charge on any atom is 0.0931 e. The molecule has 0 atom stereocenters. The van der Waals surface area contributed by atoms with Crippen molar-refractivity contribution in [2.75, 3.05) is 0 Å². The lowest BCUT2D eigenvalue weighted by Crippen LogP contribution is -1.87. The van der Waals surface area contributed by atoms with Crippen molar-refractivity contribution in [3.63, 3.8) is 0 Å². The van der Waals surface area contributed by atoms with Crippen molar-refractivity contribution < 1.29 is 0 Å². The van der Waals surface area contributed by atoms with Crippen LogP contribution in [-0.4, -0.2) is 4.98 Å².